The minimum Gasteiger partial charge on any atom is -0.444 e. The minimum atomic E-state index is -0.519. The molecular weight excluding hydrogens is 308 g/mol. The molecule has 1 heterocycles. The number of carbonyl (C=O) groups is 2. The van der Waals surface area contributed by atoms with Crippen molar-refractivity contribution in [2.45, 2.75) is 90.9 Å². The van der Waals surface area contributed by atoms with Gasteiger partial charge in [-0.2, -0.15) is 0 Å². The summed E-state index contributed by atoms with van der Waals surface area (Å²) in [4.78, 5) is 26.1. The van der Waals surface area contributed by atoms with E-state index in [4.69, 9.17) is 9.47 Å². The Morgan fingerprint density at radius 3 is 1.92 bits per heavy atom. The van der Waals surface area contributed by atoms with Gasteiger partial charge in [0.05, 0.1) is 0 Å². The second-order valence-electron chi connectivity index (χ2n) is 8.62. The highest BCUT2D eigenvalue weighted by molar-refractivity contribution is 5.70. The minimum absolute atomic E-state index is 0.287. The maximum atomic E-state index is 12.2. The first kappa shape index (κ1) is 20.6. The van der Waals surface area contributed by atoms with Gasteiger partial charge in [-0.3, -0.25) is 0 Å². The van der Waals surface area contributed by atoms with E-state index in [1.54, 1.807) is 4.90 Å². The lowest BCUT2D eigenvalue weighted by Crippen LogP contribution is -2.57. The van der Waals surface area contributed by atoms with E-state index in [9.17, 15) is 9.59 Å². The van der Waals surface area contributed by atoms with Crippen molar-refractivity contribution in [3.63, 3.8) is 0 Å². The van der Waals surface area contributed by atoms with Crippen LogP contribution in [0.1, 0.15) is 74.1 Å². The smallest absolute Gasteiger partial charge is 0.410 e. The molecule has 1 aliphatic heterocycles. The molecule has 0 aromatic carbocycles. The standard InChI is InChI=1S/C18H34N2O4/c1-8-9-18(19-14(21)23-16(2,3)4)10-12-20(13-11-18)15(22)24-17(5,6)7/h8-13H2,1-7H3,(H,19,21). The molecule has 0 aromatic heterocycles. The molecule has 0 atom stereocenters. The molecule has 1 rings (SSSR count). The predicted molar refractivity (Wildman–Crippen MR) is 94.0 cm³/mol. The number of nitrogens with one attached hydrogen (secondary N) is 1. The summed E-state index contributed by atoms with van der Waals surface area (Å²) in [6.07, 6.45) is 2.57. The first-order chi connectivity index (χ1) is 10.9. The van der Waals surface area contributed by atoms with Crippen LogP contribution < -0.4 is 5.32 Å². The molecule has 1 saturated heterocycles. The lowest BCUT2D eigenvalue weighted by molar-refractivity contribution is 0.0111. The van der Waals surface area contributed by atoms with Crippen LogP contribution in [0.15, 0.2) is 0 Å². The molecule has 6 heteroatoms. The van der Waals surface area contributed by atoms with Gasteiger partial charge in [-0.25, -0.2) is 9.59 Å². The van der Waals surface area contributed by atoms with Crippen LogP contribution in [-0.2, 0) is 9.47 Å². The third-order valence-electron chi connectivity index (χ3n) is 3.87. The van der Waals surface area contributed by atoms with Crippen molar-refractivity contribution in [3.05, 3.63) is 0 Å². The molecule has 24 heavy (non-hydrogen) atoms. The molecule has 0 spiro atoms. The Morgan fingerprint density at radius 2 is 1.50 bits per heavy atom. The average molecular weight is 342 g/mol. The molecule has 0 saturated carbocycles. The Hall–Kier alpha value is -1.46. The van der Waals surface area contributed by atoms with Gasteiger partial charge in [0.2, 0.25) is 0 Å². The first-order valence-electron chi connectivity index (χ1n) is 8.85. The van der Waals surface area contributed by atoms with E-state index in [1.807, 2.05) is 41.5 Å². The normalized spacial score (nSPS) is 18.0. The highest BCUT2D eigenvalue weighted by atomic mass is 16.6. The molecule has 2 amide bonds. The highest BCUT2D eigenvalue weighted by Crippen LogP contribution is 2.28. The zero-order chi connectivity index (χ0) is 18.6. The lowest BCUT2D eigenvalue weighted by atomic mass is 9.83. The van der Waals surface area contributed by atoms with Gasteiger partial charge in [-0.05, 0) is 60.8 Å². The third-order valence-corrected chi connectivity index (χ3v) is 3.87. The summed E-state index contributed by atoms with van der Waals surface area (Å²) >= 11 is 0. The fourth-order valence-corrected chi connectivity index (χ4v) is 2.88. The zero-order valence-electron chi connectivity index (χ0n) is 16.3. The Bertz CT molecular complexity index is 441. The number of ether oxygens (including phenoxy) is 2. The van der Waals surface area contributed by atoms with Gasteiger partial charge >= 0.3 is 12.2 Å². The van der Waals surface area contributed by atoms with Crippen molar-refractivity contribution >= 4 is 12.2 Å². The van der Waals surface area contributed by atoms with Gasteiger partial charge in [0.15, 0.2) is 0 Å². The fourth-order valence-electron chi connectivity index (χ4n) is 2.88. The van der Waals surface area contributed by atoms with E-state index < -0.39 is 11.2 Å². The number of amides is 2. The molecule has 0 aliphatic carbocycles. The molecule has 6 nitrogen and oxygen atoms in total. The number of nitrogens with zero attached hydrogens (tertiary/aromatic N) is 1. The quantitative estimate of drug-likeness (QED) is 0.839. The van der Waals surface area contributed by atoms with Crippen molar-refractivity contribution in [1.82, 2.24) is 10.2 Å². The summed E-state index contributed by atoms with van der Waals surface area (Å²) in [5.41, 5.74) is -1.33. The summed E-state index contributed by atoms with van der Waals surface area (Å²) in [6, 6.07) is 0. The first-order valence-corrected chi connectivity index (χ1v) is 8.85. The predicted octanol–water partition coefficient (Wildman–Crippen LogP) is 4.08. The van der Waals surface area contributed by atoms with Gasteiger partial charge in [0.1, 0.15) is 11.2 Å². The average Bonchev–Trinajstić information content (AvgIpc) is 2.35. The largest absolute Gasteiger partial charge is 0.444 e. The molecular formula is C18H34N2O4. The van der Waals surface area contributed by atoms with Crippen LogP contribution in [0.3, 0.4) is 0 Å². The van der Waals surface area contributed by atoms with Gasteiger partial charge in [0, 0.05) is 18.6 Å². The van der Waals surface area contributed by atoms with Crippen LogP contribution in [0.2, 0.25) is 0 Å². The molecule has 1 fully saturated rings. The summed E-state index contributed by atoms with van der Waals surface area (Å²) in [6.45, 7) is 14.4. The van der Waals surface area contributed by atoms with Crippen molar-refractivity contribution in [2.75, 3.05) is 13.1 Å². The maximum absolute atomic E-state index is 12.2. The van der Waals surface area contributed by atoms with Crippen LogP contribution >= 0.6 is 0 Å². The van der Waals surface area contributed by atoms with Gasteiger partial charge in [-0.1, -0.05) is 13.3 Å². The number of rotatable bonds is 3. The molecule has 1 aliphatic rings. The second kappa shape index (κ2) is 7.62. The summed E-state index contributed by atoms with van der Waals surface area (Å²) < 4.78 is 10.8. The summed E-state index contributed by atoms with van der Waals surface area (Å²) in [5.74, 6) is 0. The molecule has 0 unspecified atom stereocenters. The Kier molecular flexibility index (Phi) is 6.53. The van der Waals surface area contributed by atoms with E-state index >= 15 is 0 Å². The van der Waals surface area contributed by atoms with Crippen LogP contribution in [0.4, 0.5) is 9.59 Å². The topological polar surface area (TPSA) is 67.9 Å². The van der Waals surface area contributed by atoms with Crippen LogP contribution in [0, 0.1) is 0 Å². The molecule has 0 aromatic rings. The monoisotopic (exact) mass is 342 g/mol. The Labute approximate surface area is 146 Å². The van der Waals surface area contributed by atoms with Crippen LogP contribution in [-0.4, -0.2) is 46.9 Å². The zero-order valence-corrected chi connectivity index (χ0v) is 16.3. The number of carbonyl (C=O) groups excluding carboxylic acids is 2. The van der Waals surface area contributed by atoms with E-state index in [0.717, 1.165) is 12.8 Å². The Balaban J connectivity index is 2.66. The number of hydrogen-bond acceptors (Lipinski definition) is 4. The van der Waals surface area contributed by atoms with Gasteiger partial charge < -0.3 is 19.7 Å². The lowest BCUT2D eigenvalue weighted by Gasteiger charge is -2.42. The number of hydrogen-bond donors (Lipinski definition) is 1. The number of alkyl carbamates (subject to hydrolysis) is 1. The SMILES string of the molecule is CCCC1(NC(=O)OC(C)(C)C)CCN(C(=O)OC(C)(C)C)CC1. The van der Waals surface area contributed by atoms with Crippen LogP contribution in [0.25, 0.3) is 0 Å². The van der Waals surface area contributed by atoms with Crippen molar-refractivity contribution < 1.29 is 19.1 Å². The summed E-state index contributed by atoms with van der Waals surface area (Å²) in [7, 11) is 0. The molecule has 1 N–H and O–H groups in total. The van der Waals surface area contributed by atoms with E-state index in [2.05, 4.69) is 12.2 Å². The van der Waals surface area contributed by atoms with E-state index in [-0.39, 0.29) is 17.7 Å². The van der Waals surface area contributed by atoms with Gasteiger partial charge in [0.25, 0.3) is 0 Å². The maximum Gasteiger partial charge on any atom is 0.410 e. The van der Waals surface area contributed by atoms with Crippen LogP contribution in [0.5, 0.6) is 0 Å². The van der Waals surface area contributed by atoms with Crippen molar-refractivity contribution in [3.8, 4) is 0 Å². The fraction of sp³-hybridized carbons (Fsp3) is 0.889. The van der Waals surface area contributed by atoms with E-state index in [0.29, 0.717) is 25.9 Å². The summed E-state index contributed by atoms with van der Waals surface area (Å²) in [5, 5.41) is 3.06. The molecule has 0 radical (unpaired) electrons. The van der Waals surface area contributed by atoms with Crippen molar-refractivity contribution in [1.29, 1.82) is 0 Å². The van der Waals surface area contributed by atoms with E-state index in [1.165, 1.54) is 0 Å². The third kappa shape index (κ3) is 6.97. The Morgan fingerprint density at radius 1 is 1.00 bits per heavy atom. The molecule has 0 bridgehead atoms. The molecule has 140 valence electrons. The number of piperidine rings is 1. The second-order valence-corrected chi connectivity index (χ2v) is 8.62. The number of likely N-dealkylation sites (tertiary alicyclic amines) is 1. The van der Waals surface area contributed by atoms with Crippen molar-refractivity contribution in [2.24, 2.45) is 0 Å². The highest BCUT2D eigenvalue weighted by Gasteiger charge is 2.38. The van der Waals surface area contributed by atoms with Gasteiger partial charge in [-0.15, -0.1) is 0 Å².